The number of fused-ring (bicyclic) bond motifs is 1. The number of nitrogens with zero attached hydrogens (tertiary/aromatic N) is 1. The topological polar surface area (TPSA) is 70.9 Å². The number of carbonyl (C=O) groups is 3. The lowest BCUT2D eigenvalue weighted by molar-refractivity contribution is -0.901. The standard InChI is InChI=1S/C19H19N3O3/c1-20-17(23)14-9-7-13(8-10-14)11-21(2)12-22-18(24)15-5-3-4-6-16(15)19(22)25/h3-10H,11-12H2,1-2H3,(H,20,23)/p+1. The summed E-state index contributed by atoms with van der Waals surface area (Å²) >= 11 is 0. The normalized spacial score (nSPS) is 14.4. The van der Waals surface area contributed by atoms with E-state index in [0.29, 0.717) is 29.9 Å². The molecule has 0 bridgehead atoms. The number of nitrogens with one attached hydrogen (secondary N) is 2. The Hall–Kier alpha value is -2.99. The molecule has 1 aliphatic heterocycles. The van der Waals surface area contributed by atoms with E-state index >= 15 is 0 Å². The predicted octanol–water partition coefficient (Wildman–Crippen LogP) is 0.315. The number of quaternary nitrogens is 1. The largest absolute Gasteiger partial charge is 0.355 e. The van der Waals surface area contributed by atoms with Crippen molar-refractivity contribution < 1.29 is 19.3 Å². The van der Waals surface area contributed by atoms with Crippen LogP contribution >= 0.6 is 0 Å². The molecule has 0 saturated heterocycles. The van der Waals surface area contributed by atoms with E-state index in [2.05, 4.69) is 5.32 Å². The Labute approximate surface area is 146 Å². The SMILES string of the molecule is CNC(=O)c1ccc(C[NH+](C)CN2C(=O)c3ccccc3C2=O)cc1. The van der Waals surface area contributed by atoms with Crippen molar-refractivity contribution in [3.8, 4) is 0 Å². The maximum absolute atomic E-state index is 12.4. The molecule has 1 aliphatic rings. The fourth-order valence-electron chi connectivity index (χ4n) is 2.98. The third-order valence-electron chi connectivity index (χ3n) is 4.26. The van der Waals surface area contributed by atoms with Crippen LogP contribution in [0.1, 0.15) is 36.6 Å². The second-order valence-electron chi connectivity index (χ2n) is 6.15. The van der Waals surface area contributed by atoms with Crippen molar-refractivity contribution in [2.75, 3.05) is 20.8 Å². The smallest absolute Gasteiger partial charge is 0.265 e. The summed E-state index contributed by atoms with van der Waals surface area (Å²) in [6, 6.07) is 14.2. The number of imide groups is 1. The highest BCUT2D eigenvalue weighted by Crippen LogP contribution is 2.21. The summed E-state index contributed by atoms with van der Waals surface area (Å²) in [5.74, 6) is -0.608. The molecule has 3 rings (SSSR count). The van der Waals surface area contributed by atoms with E-state index in [-0.39, 0.29) is 17.7 Å². The Kier molecular flexibility index (Phi) is 4.63. The van der Waals surface area contributed by atoms with Crippen molar-refractivity contribution >= 4 is 17.7 Å². The van der Waals surface area contributed by atoms with Gasteiger partial charge >= 0.3 is 0 Å². The van der Waals surface area contributed by atoms with Crippen molar-refractivity contribution in [1.82, 2.24) is 10.2 Å². The monoisotopic (exact) mass is 338 g/mol. The summed E-state index contributed by atoms with van der Waals surface area (Å²) in [4.78, 5) is 38.6. The maximum Gasteiger partial charge on any atom is 0.265 e. The van der Waals surface area contributed by atoms with Gasteiger partial charge in [0, 0.05) is 18.2 Å². The molecule has 128 valence electrons. The molecule has 6 nitrogen and oxygen atoms in total. The van der Waals surface area contributed by atoms with Gasteiger partial charge < -0.3 is 10.2 Å². The number of rotatable bonds is 5. The lowest BCUT2D eigenvalue weighted by Gasteiger charge is -2.20. The van der Waals surface area contributed by atoms with Gasteiger partial charge in [-0.25, -0.2) is 4.90 Å². The van der Waals surface area contributed by atoms with E-state index in [1.165, 1.54) is 4.90 Å². The average molecular weight is 338 g/mol. The van der Waals surface area contributed by atoms with Gasteiger partial charge in [0.2, 0.25) is 0 Å². The van der Waals surface area contributed by atoms with Crippen LogP contribution in [0.5, 0.6) is 0 Å². The zero-order chi connectivity index (χ0) is 18.0. The molecule has 1 unspecified atom stereocenters. The van der Waals surface area contributed by atoms with Crippen molar-refractivity contribution in [2.24, 2.45) is 0 Å². The van der Waals surface area contributed by atoms with Crippen LogP contribution in [-0.4, -0.2) is 43.4 Å². The maximum atomic E-state index is 12.4. The van der Waals surface area contributed by atoms with Gasteiger partial charge in [0.25, 0.3) is 17.7 Å². The molecule has 2 aromatic carbocycles. The third kappa shape index (κ3) is 3.29. The van der Waals surface area contributed by atoms with Gasteiger partial charge in [-0.1, -0.05) is 24.3 Å². The molecule has 1 heterocycles. The molecule has 0 aliphatic carbocycles. The highest BCUT2D eigenvalue weighted by atomic mass is 16.2. The lowest BCUT2D eigenvalue weighted by Crippen LogP contribution is -3.09. The van der Waals surface area contributed by atoms with Crippen molar-refractivity contribution in [3.05, 3.63) is 70.8 Å². The Morgan fingerprint density at radius 2 is 1.56 bits per heavy atom. The first-order valence-electron chi connectivity index (χ1n) is 8.09. The van der Waals surface area contributed by atoms with E-state index in [4.69, 9.17) is 0 Å². The Morgan fingerprint density at radius 1 is 1.00 bits per heavy atom. The van der Waals surface area contributed by atoms with E-state index in [9.17, 15) is 14.4 Å². The number of hydrogen-bond donors (Lipinski definition) is 2. The molecule has 0 fully saturated rings. The first-order valence-corrected chi connectivity index (χ1v) is 8.09. The number of hydrogen-bond acceptors (Lipinski definition) is 3. The van der Waals surface area contributed by atoms with E-state index in [0.717, 1.165) is 10.5 Å². The highest BCUT2D eigenvalue weighted by molar-refractivity contribution is 6.21. The van der Waals surface area contributed by atoms with Crippen LogP contribution in [0, 0.1) is 0 Å². The summed E-state index contributed by atoms with van der Waals surface area (Å²) < 4.78 is 0. The molecule has 1 atom stereocenters. The predicted molar refractivity (Wildman–Crippen MR) is 92.2 cm³/mol. The van der Waals surface area contributed by atoms with Crippen molar-refractivity contribution in [1.29, 1.82) is 0 Å². The van der Waals surface area contributed by atoms with Gasteiger partial charge in [-0.3, -0.25) is 14.4 Å². The second-order valence-corrected chi connectivity index (χ2v) is 6.15. The van der Waals surface area contributed by atoms with Crippen molar-refractivity contribution in [3.63, 3.8) is 0 Å². The third-order valence-corrected chi connectivity index (χ3v) is 4.26. The van der Waals surface area contributed by atoms with Gasteiger partial charge in [0.05, 0.1) is 18.2 Å². The average Bonchev–Trinajstić information content (AvgIpc) is 2.87. The first-order chi connectivity index (χ1) is 12.0. The van der Waals surface area contributed by atoms with E-state index < -0.39 is 0 Å². The summed E-state index contributed by atoms with van der Waals surface area (Å²) in [5, 5.41) is 2.58. The van der Waals surface area contributed by atoms with Crippen LogP contribution in [0.3, 0.4) is 0 Å². The summed E-state index contributed by atoms with van der Waals surface area (Å²) in [6.07, 6.45) is 0. The fourth-order valence-corrected chi connectivity index (χ4v) is 2.98. The molecule has 2 N–H and O–H groups in total. The number of carbonyl (C=O) groups excluding carboxylic acids is 3. The van der Waals surface area contributed by atoms with Crippen LogP contribution in [0.15, 0.2) is 48.5 Å². The molecule has 3 amide bonds. The van der Waals surface area contributed by atoms with Gasteiger partial charge in [0.1, 0.15) is 6.54 Å². The molecule has 0 spiro atoms. The molecule has 0 radical (unpaired) electrons. The van der Waals surface area contributed by atoms with Crippen LogP contribution in [0.4, 0.5) is 0 Å². The lowest BCUT2D eigenvalue weighted by atomic mass is 10.1. The molecular weight excluding hydrogens is 318 g/mol. The Morgan fingerprint density at radius 3 is 2.08 bits per heavy atom. The van der Waals surface area contributed by atoms with E-state index in [1.54, 1.807) is 43.4 Å². The van der Waals surface area contributed by atoms with Crippen molar-refractivity contribution in [2.45, 2.75) is 6.54 Å². The first kappa shape index (κ1) is 16.9. The van der Waals surface area contributed by atoms with Gasteiger partial charge in [-0.2, -0.15) is 0 Å². The molecule has 6 heteroatoms. The molecule has 25 heavy (non-hydrogen) atoms. The molecule has 2 aromatic rings. The second kappa shape index (κ2) is 6.86. The minimum absolute atomic E-state index is 0.127. The van der Waals surface area contributed by atoms with Gasteiger partial charge in [-0.15, -0.1) is 0 Å². The Balaban J connectivity index is 1.65. The molecule has 0 aromatic heterocycles. The zero-order valence-corrected chi connectivity index (χ0v) is 14.2. The van der Waals surface area contributed by atoms with E-state index in [1.807, 2.05) is 19.2 Å². The minimum atomic E-state index is -0.241. The highest BCUT2D eigenvalue weighted by Gasteiger charge is 2.36. The number of amides is 3. The summed E-state index contributed by atoms with van der Waals surface area (Å²) in [5.41, 5.74) is 2.57. The summed E-state index contributed by atoms with van der Waals surface area (Å²) in [7, 11) is 3.52. The zero-order valence-electron chi connectivity index (χ0n) is 14.2. The van der Waals surface area contributed by atoms with Crippen LogP contribution in [0.25, 0.3) is 0 Å². The fraction of sp³-hybridized carbons (Fsp3) is 0.211. The minimum Gasteiger partial charge on any atom is -0.355 e. The van der Waals surface area contributed by atoms with Gasteiger partial charge in [-0.05, 0) is 24.3 Å². The van der Waals surface area contributed by atoms with Crippen LogP contribution in [0.2, 0.25) is 0 Å². The van der Waals surface area contributed by atoms with Crippen LogP contribution < -0.4 is 10.2 Å². The molecule has 0 saturated carbocycles. The summed E-state index contributed by atoms with van der Waals surface area (Å²) in [6.45, 7) is 0.935. The van der Waals surface area contributed by atoms with Crippen LogP contribution in [-0.2, 0) is 6.54 Å². The molecular formula is C19H20N3O3+. The quantitative estimate of drug-likeness (QED) is 0.771. The Bertz CT molecular complexity index is 795. The number of benzene rings is 2. The van der Waals surface area contributed by atoms with Gasteiger partial charge in [0.15, 0.2) is 6.67 Å².